The zero-order valence-electron chi connectivity index (χ0n) is 9.29. The van der Waals surface area contributed by atoms with E-state index in [-0.39, 0.29) is 0 Å². The van der Waals surface area contributed by atoms with Gasteiger partial charge in [-0.15, -0.1) is 0 Å². The molecule has 0 aromatic rings. The van der Waals surface area contributed by atoms with Crippen LogP contribution in [0.3, 0.4) is 0 Å². The average Bonchev–Trinajstić information content (AvgIpc) is 2.16. The van der Waals surface area contributed by atoms with Gasteiger partial charge in [-0.2, -0.15) is 0 Å². The van der Waals surface area contributed by atoms with E-state index in [0.29, 0.717) is 6.04 Å². The van der Waals surface area contributed by atoms with Crippen LogP contribution in [0, 0.1) is 0 Å². The van der Waals surface area contributed by atoms with Crippen molar-refractivity contribution in [1.82, 2.24) is 4.90 Å². The fraction of sp³-hybridized carbons (Fsp3) is 0.667. The van der Waals surface area contributed by atoms with E-state index < -0.39 is 0 Å². The van der Waals surface area contributed by atoms with Crippen molar-refractivity contribution in [2.45, 2.75) is 39.7 Å². The molecule has 1 unspecified atom stereocenters. The molecule has 0 aromatic heterocycles. The highest BCUT2D eigenvalue weighted by Gasteiger charge is 2.09. The van der Waals surface area contributed by atoms with Crippen molar-refractivity contribution in [2.75, 3.05) is 13.1 Å². The summed E-state index contributed by atoms with van der Waals surface area (Å²) in [7, 11) is 0. The highest BCUT2D eigenvalue weighted by atomic mass is 15.1. The SMILES string of the molecule is C=CC=CC(CCC)N(CC)CC. The van der Waals surface area contributed by atoms with Crippen LogP contribution >= 0.6 is 0 Å². The van der Waals surface area contributed by atoms with Gasteiger partial charge in [0.05, 0.1) is 0 Å². The van der Waals surface area contributed by atoms with E-state index >= 15 is 0 Å². The van der Waals surface area contributed by atoms with Crippen LogP contribution in [0.2, 0.25) is 0 Å². The minimum absolute atomic E-state index is 0.595. The summed E-state index contributed by atoms with van der Waals surface area (Å²) in [6.07, 6.45) is 8.64. The lowest BCUT2D eigenvalue weighted by atomic mass is 10.1. The maximum absolute atomic E-state index is 3.70. The van der Waals surface area contributed by atoms with E-state index in [2.05, 4.69) is 44.4 Å². The third-order valence-electron chi connectivity index (χ3n) is 2.34. The summed E-state index contributed by atoms with van der Waals surface area (Å²) in [5.74, 6) is 0. The van der Waals surface area contributed by atoms with E-state index in [4.69, 9.17) is 0 Å². The largest absolute Gasteiger partial charge is 0.297 e. The summed E-state index contributed by atoms with van der Waals surface area (Å²) in [5.41, 5.74) is 0. The first kappa shape index (κ1) is 12.4. The van der Waals surface area contributed by atoms with Crippen LogP contribution in [0.1, 0.15) is 33.6 Å². The molecule has 0 bridgehead atoms. The molecule has 0 heterocycles. The lowest BCUT2D eigenvalue weighted by Crippen LogP contribution is -2.33. The van der Waals surface area contributed by atoms with E-state index in [9.17, 15) is 0 Å². The second-order valence-corrected chi connectivity index (χ2v) is 3.20. The van der Waals surface area contributed by atoms with Gasteiger partial charge in [-0.25, -0.2) is 0 Å². The smallest absolute Gasteiger partial charge is 0.0280 e. The molecule has 0 aromatic carbocycles. The number of hydrogen-bond acceptors (Lipinski definition) is 1. The van der Waals surface area contributed by atoms with Crippen molar-refractivity contribution < 1.29 is 0 Å². The van der Waals surface area contributed by atoms with Crippen LogP contribution in [-0.2, 0) is 0 Å². The molecule has 0 radical (unpaired) electrons. The predicted molar refractivity (Wildman–Crippen MR) is 61.0 cm³/mol. The summed E-state index contributed by atoms with van der Waals surface area (Å²) < 4.78 is 0. The molecule has 1 heteroatoms. The minimum atomic E-state index is 0.595. The third-order valence-corrected chi connectivity index (χ3v) is 2.34. The van der Waals surface area contributed by atoms with E-state index in [0.717, 1.165) is 13.1 Å². The normalized spacial score (nSPS) is 13.8. The molecule has 0 N–H and O–H groups in total. The molecule has 0 aliphatic heterocycles. The van der Waals surface area contributed by atoms with Gasteiger partial charge in [0.2, 0.25) is 0 Å². The average molecular weight is 181 g/mol. The predicted octanol–water partition coefficient (Wildman–Crippen LogP) is 3.24. The monoisotopic (exact) mass is 181 g/mol. The van der Waals surface area contributed by atoms with Crippen molar-refractivity contribution in [3.05, 3.63) is 24.8 Å². The molecule has 0 spiro atoms. The van der Waals surface area contributed by atoms with Crippen LogP contribution in [-0.4, -0.2) is 24.0 Å². The molecule has 0 saturated carbocycles. The number of hydrogen-bond donors (Lipinski definition) is 0. The number of likely N-dealkylation sites (N-methyl/N-ethyl adjacent to an activating group) is 1. The van der Waals surface area contributed by atoms with Crippen molar-refractivity contribution >= 4 is 0 Å². The summed E-state index contributed by atoms with van der Waals surface area (Å²) in [6, 6.07) is 0.595. The second-order valence-electron chi connectivity index (χ2n) is 3.20. The minimum Gasteiger partial charge on any atom is -0.297 e. The first-order valence-corrected chi connectivity index (χ1v) is 5.33. The Morgan fingerprint density at radius 1 is 1.23 bits per heavy atom. The third kappa shape index (κ3) is 4.89. The number of rotatable bonds is 7. The molecule has 0 fully saturated rings. The van der Waals surface area contributed by atoms with Crippen molar-refractivity contribution in [1.29, 1.82) is 0 Å². The molecule has 0 rings (SSSR count). The van der Waals surface area contributed by atoms with Gasteiger partial charge in [0.25, 0.3) is 0 Å². The highest BCUT2D eigenvalue weighted by Crippen LogP contribution is 2.08. The Kier molecular flexibility index (Phi) is 7.71. The molecule has 0 aliphatic rings. The first-order chi connectivity index (χ1) is 6.29. The van der Waals surface area contributed by atoms with Gasteiger partial charge < -0.3 is 0 Å². The van der Waals surface area contributed by atoms with Gasteiger partial charge in [0.1, 0.15) is 0 Å². The Labute approximate surface area is 83.1 Å². The zero-order valence-corrected chi connectivity index (χ0v) is 9.29. The number of allylic oxidation sites excluding steroid dienone is 2. The zero-order chi connectivity index (χ0) is 10.1. The van der Waals surface area contributed by atoms with Crippen LogP contribution < -0.4 is 0 Å². The second kappa shape index (κ2) is 8.06. The summed E-state index contributed by atoms with van der Waals surface area (Å²) in [6.45, 7) is 12.6. The highest BCUT2D eigenvalue weighted by molar-refractivity contribution is 5.03. The summed E-state index contributed by atoms with van der Waals surface area (Å²) in [5, 5.41) is 0. The van der Waals surface area contributed by atoms with Gasteiger partial charge in [0, 0.05) is 6.04 Å². The van der Waals surface area contributed by atoms with Gasteiger partial charge in [-0.1, -0.05) is 52.0 Å². The molecule has 0 amide bonds. The van der Waals surface area contributed by atoms with E-state index in [1.807, 2.05) is 6.08 Å². The topological polar surface area (TPSA) is 3.24 Å². The standard InChI is InChI=1S/C12H23N/c1-5-9-11-12(10-6-2)13(7-3)8-4/h5,9,11-12H,1,6-8,10H2,2-4H3. The lowest BCUT2D eigenvalue weighted by Gasteiger charge is -2.26. The van der Waals surface area contributed by atoms with Crippen LogP contribution in [0.5, 0.6) is 0 Å². The van der Waals surface area contributed by atoms with Crippen LogP contribution in [0.25, 0.3) is 0 Å². The first-order valence-electron chi connectivity index (χ1n) is 5.33. The van der Waals surface area contributed by atoms with Gasteiger partial charge in [0.15, 0.2) is 0 Å². The van der Waals surface area contributed by atoms with Gasteiger partial charge >= 0.3 is 0 Å². The molecule has 76 valence electrons. The molecule has 1 nitrogen and oxygen atoms in total. The Balaban J connectivity index is 4.18. The fourth-order valence-electron chi connectivity index (χ4n) is 1.60. The molecule has 1 atom stereocenters. The Morgan fingerprint density at radius 3 is 2.23 bits per heavy atom. The fourth-order valence-corrected chi connectivity index (χ4v) is 1.60. The van der Waals surface area contributed by atoms with Crippen molar-refractivity contribution in [3.63, 3.8) is 0 Å². The Hall–Kier alpha value is -0.560. The van der Waals surface area contributed by atoms with E-state index in [1.165, 1.54) is 12.8 Å². The maximum Gasteiger partial charge on any atom is 0.0280 e. The number of nitrogens with zero attached hydrogens (tertiary/aromatic N) is 1. The van der Waals surface area contributed by atoms with Gasteiger partial charge in [-0.05, 0) is 19.5 Å². The lowest BCUT2D eigenvalue weighted by molar-refractivity contribution is 0.242. The Morgan fingerprint density at radius 2 is 1.85 bits per heavy atom. The summed E-state index contributed by atoms with van der Waals surface area (Å²) >= 11 is 0. The molecular weight excluding hydrogens is 158 g/mol. The summed E-state index contributed by atoms with van der Waals surface area (Å²) in [4.78, 5) is 2.48. The molecule has 13 heavy (non-hydrogen) atoms. The molecule has 0 aliphatic carbocycles. The van der Waals surface area contributed by atoms with Crippen molar-refractivity contribution in [2.24, 2.45) is 0 Å². The van der Waals surface area contributed by atoms with Crippen LogP contribution in [0.4, 0.5) is 0 Å². The Bertz CT molecular complexity index is 145. The van der Waals surface area contributed by atoms with Crippen LogP contribution in [0.15, 0.2) is 24.8 Å². The van der Waals surface area contributed by atoms with E-state index in [1.54, 1.807) is 0 Å². The molecular formula is C12H23N. The maximum atomic E-state index is 3.70. The quantitative estimate of drug-likeness (QED) is 0.545. The molecule has 0 saturated heterocycles. The van der Waals surface area contributed by atoms with Gasteiger partial charge in [-0.3, -0.25) is 4.90 Å². The van der Waals surface area contributed by atoms with Crippen molar-refractivity contribution in [3.8, 4) is 0 Å².